The van der Waals surface area contributed by atoms with Crippen LogP contribution in [-0.2, 0) is 9.59 Å². The van der Waals surface area contributed by atoms with Crippen molar-refractivity contribution >= 4 is 38.8 Å². The molecule has 0 unspecified atom stereocenters. The molecule has 3 aromatic rings. The number of carbonyl (C=O) groups is 2. The zero-order valence-electron chi connectivity index (χ0n) is 14.3. The minimum atomic E-state index is -1.40. The van der Waals surface area contributed by atoms with Crippen molar-refractivity contribution < 1.29 is 28.6 Å². The summed E-state index contributed by atoms with van der Waals surface area (Å²) in [5, 5.41) is 12.7. The number of rotatable bonds is 7. The third-order valence-corrected chi connectivity index (χ3v) is 4.23. The Kier molecular flexibility index (Phi) is 5.95. The summed E-state index contributed by atoms with van der Waals surface area (Å²) in [6.07, 6.45) is 1.19. The lowest BCUT2D eigenvalue weighted by Gasteiger charge is -2.09. The van der Waals surface area contributed by atoms with E-state index >= 15 is 0 Å². The molecule has 0 radical (unpaired) electrons. The summed E-state index contributed by atoms with van der Waals surface area (Å²) < 4.78 is 17.0. The van der Waals surface area contributed by atoms with Gasteiger partial charge in [0.15, 0.2) is 6.61 Å². The van der Waals surface area contributed by atoms with Crippen LogP contribution in [0.25, 0.3) is 11.0 Å². The van der Waals surface area contributed by atoms with E-state index in [-0.39, 0.29) is 27.9 Å². The fourth-order valence-corrected chi connectivity index (χ4v) is 2.63. The smallest absolute Gasteiger partial charge is 0.258 e. The van der Waals surface area contributed by atoms with Crippen molar-refractivity contribution in [2.24, 2.45) is 0 Å². The standard InChI is InChI=1S/C19H14BrNO7/c20-13-3-1-2-4-14(13)28-16-9-27-15-7-11(5-6-12(15)19(16)25)26-10-17(22)21-8-18(23)24/h1-7,9H,8,10H2,(H,21,22)(H,23,24)/p-1. The lowest BCUT2D eigenvalue weighted by molar-refractivity contribution is -0.304. The van der Waals surface area contributed by atoms with Crippen molar-refractivity contribution in [3.8, 4) is 17.2 Å². The number of ether oxygens (including phenoxy) is 2. The van der Waals surface area contributed by atoms with Crippen molar-refractivity contribution in [2.75, 3.05) is 13.2 Å². The first-order valence-corrected chi connectivity index (χ1v) is 8.80. The number of carboxylic acids is 1. The van der Waals surface area contributed by atoms with Crippen LogP contribution >= 0.6 is 15.9 Å². The van der Waals surface area contributed by atoms with Gasteiger partial charge in [0, 0.05) is 6.07 Å². The first-order chi connectivity index (χ1) is 13.4. The third kappa shape index (κ3) is 4.68. The van der Waals surface area contributed by atoms with Crippen molar-refractivity contribution in [1.82, 2.24) is 5.32 Å². The molecule has 0 aliphatic carbocycles. The average Bonchev–Trinajstić information content (AvgIpc) is 2.68. The lowest BCUT2D eigenvalue weighted by atomic mass is 10.2. The Morgan fingerprint density at radius 3 is 2.68 bits per heavy atom. The van der Waals surface area contributed by atoms with Crippen LogP contribution in [0.3, 0.4) is 0 Å². The number of benzene rings is 2. The quantitative estimate of drug-likeness (QED) is 0.585. The van der Waals surface area contributed by atoms with E-state index < -0.39 is 25.0 Å². The van der Waals surface area contributed by atoms with Crippen LogP contribution < -0.4 is 25.3 Å². The fourth-order valence-electron chi connectivity index (χ4n) is 2.27. The topological polar surface area (TPSA) is 118 Å². The highest BCUT2D eigenvalue weighted by Gasteiger charge is 2.12. The van der Waals surface area contributed by atoms with Gasteiger partial charge in [0.05, 0.1) is 22.4 Å². The summed E-state index contributed by atoms with van der Waals surface area (Å²) in [5.41, 5.74) is -0.118. The molecule has 0 aliphatic rings. The van der Waals surface area contributed by atoms with Crippen LogP contribution in [0.15, 0.2) is 62.4 Å². The number of hydrogen-bond acceptors (Lipinski definition) is 7. The Labute approximate surface area is 166 Å². The molecule has 2 aromatic carbocycles. The average molecular weight is 447 g/mol. The van der Waals surface area contributed by atoms with Crippen LogP contribution in [0.2, 0.25) is 0 Å². The van der Waals surface area contributed by atoms with Gasteiger partial charge in [-0.1, -0.05) is 12.1 Å². The number of fused-ring (bicyclic) bond motifs is 1. The second kappa shape index (κ2) is 8.57. The molecule has 1 aromatic heterocycles. The molecule has 28 heavy (non-hydrogen) atoms. The predicted octanol–water partition coefficient (Wildman–Crippen LogP) is 1.59. The summed E-state index contributed by atoms with van der Waals surface area (Å²) >= 11 is 3.34. The van der Waals surface area contributed by atoms with Crippen LogP contribution in [0, 0.1) is 0 Å². The van der Waals surface area contributed by atoms with Gasteiger partial charge in [-0.25, -0.2) is 0 Å². The van der Waals surface area contributed by atoms with Crippen LogP contribution in [0.5, 0.6) is 17.2 Å². The third-order valence-electron chi connectivity index (χ3n) is 3.57. The maximum atomic E-state index is 12.6. The lowest BCUT2D eigenvalue weighted by Crippen LogP contribution is -2.39. The van der Waals surface area contributed by atoms with Crippen LogP contribution in [-0.4, -0.2) is 25.0 Å². The summed E-state index contributed by atoms with van der Waals surface area (Å²) in [7, 11) is 0. The molecular formula is C19H13BrNO7-. The van der Waals surface area contributed by atoms with Gasteiger partial charge >= 0.3 is 0 Å². The number of carbonyl (C=O) groups excluding carboxylic acids is 2. The van der Waals surface area contributed by atoms with E-state index in [9.17, 15) is 19.5 Å². The summed E-state index contributed by atoms with van der Waals surface area (Å²) in [6.45, 7) is -0.999. The molecule has 9 heteroatoms. The van der Waals surface area contributed by atoms with E-state index in [1.807, 2.05) is 6.07 Å². The van der Waals surface area contributed by atoms with Gasteiger partial charge in [-0.05, 0) is 40.2 Å². The van der Waals surface area contributed by atoms with E-state index in [4.69, 9.17) is 13.9 Å². The zero-order chi connectivity index (χ0) is 20.1. The molecule has 0 bridgehead atoms. The highest BCUT2D eigenvalue weighted by molar-refractivity contribution is 9.10. The van der Waals surface area contributed by atoms with Gasteiger partial charge in [0.2, 0.25) is 11.2 Å². The second-order valence-corrected chi connectivity index (χ2v) is 6.41. The molecular weight excluding hydrogens is 434 g/mol. The summed E-state index contributed by atoms with van der Waals surface area (Å²) in [4.78, 5) is 34.4. The van der Waals surface area contributed by atoms with Crippen molar-refractivity contribution in [2.45, 2.75) is 0 Å². The number of amides is 1. The number of nitrogens with one attached hydrogen (secondary N) is 1. The second-order valence-electron chi connectivity index (χ2n) is 5.56. The maximum Gasteiger partial charge on any atom is 0.258 e. The Balaban J connectivity index is 1.75. The van der Waals surface area contributed by atoms with Crippen molar-refractivity contribution in [3.63, 3.8) is 0 Å². The molecule has 1 heterocycles. The van der Waals surface area contributed by atoms with Gasteiger partial charge in [0.1, 0.15) is 23.3 Å². The molecule has 8 nitrogen and oxygen atoms in total. The Morgan fingerprint density at radius 2 is 1.93 bits per heavy atom. The van der Waals surface area contributed by atoms with E-state index in [0.29, 0.717) is 10.2 Å². The maximum absolute atomic E-state index is 12.6. The summed E-state index contributed by atoms with van der Waals surface area (Å²) in [6, 6.07) is 11.5. The Morgan fingerprint density at radius 1 is 1.14 bits per heavy atom. The zero-order valence-corrected chi connectivity index (χ0v) is 15.9. The van der Waals surface area contributed by atoms with E-state index in [0.717, 1.165) is 0 Å². The number of halogens is 1. The first-order valence-electron chi connectivity index (χ1n) is 8.01. The Bertz CT molecular complexity index is 1090. The number of para-hydroxylation sites is 1. The molecule has 0 aliphatic heterocycles. The molecule has 0 atom stereocenters. The molecule has 3 rings (SSSR count). The largest absolute Gasteiger partial charge is 0.548 e. The molecule has 0 spiro atoms. The molecule has 1 amide bonds. The highest BCUT2D eigenvalue weighted by Crippen LogP contribution is 2.29. The van der Waals surface area contributed by atoms with E-state index in [1.54, 1.807) is 18.2 Å². The number of carboxylic acid groups (broad SMARTS) is 1. The van der Waals surface area contributed by atoms with Crippen LogP contribution in [0.4, 0.5) is 0 Å². The van der Waals surface area contributed by atoms with Gasteiger partial charge in [-0.15, -0.1) is 0 Å². The monoisotopic (exact) mass is 446 g/mol. The molecule has 1 N–H and O–H groups in total. The van der Waals surface area contributed by atoms with Gasteiger partial charge in [-0.3, -0.25) is 9.59 Å². The van der Waals surface area contributed by atoms with Gasteiger partial charge in [-0.2, -0.15) is 0 Å². The highest BCUT2D eigenvalue weighted by atomic mass is 79.9. The van der Waals surface area contributed by atoms with Crippen molar-refractivity contribution in [1.29, 1.82) is 0 Å². The normalized spacial score (nSPS) is 10.5. The molecule has 0 fully saturated rings. The first kappa shape index (κ1) is 19.4. The minimum Gasteiger partial charge on any atom is -0.548 e. The predicted molar refractivity (Wildman–Crippen MR) is 100 cm³/mol. The fraction of sp³-hybridized carbons (Fsp3) is 0.105. The van der Waals surface area contributed by atoms with E-state index in [1.165, 1.54) is 24.5 Å². The van der Waals surface area contributed by atoms with Crippen molar-refractivity contribution in [3.05, 3.63) is 63.4 Å². The van der Waals surface area contributed by atoms with Gasteiger partial charge < -0.3 is 29.1 Å². The molecule has 0 saturated carbocycles. The minimum absolute atomic E-state index is 0.0229. The van der Waals surface area contributed by atoms with E-state index in [2.05, 4.69) is 21.2 Å². The SMILES string of the molecule is O=C([O-])CNC(=O)COc1ccc2c(=O)c(Oc3ccccc3Br)coc2c1. The molecule has 144 valence electrons. The Hall–Kier alpha value is -3.33. The number of hydrogen-bond donors (Lipinski definition) is 1. The van der Waals surface area contributed by atoms with Crippen LogP contribution in [0.1, 0.15) is 0 Å². The molecule has 0 saturated heterocycles. The summed E-state index contributed by atoms with van der Waals surface area (Å²) in [5.74, 6) is -1.26. The number of aliphatic carboxylic acids is 1. The van der Waals surface area contributed by atoms with Gasteiger partial charge in [0.25, 0.3) is 5.91 Å².